The van der Waals surface area contributed by atoms with E-state index >= 15 is 0 Å². The highest BCUT2D eigenvalue weighted by Crippen LogP contribution is 2.38. The van der Waals surface area contributed by atoms with Gasteiger partial charge < -0.3 is 10.2 Å². The van der Waals surface area contributed by atoms with Gasteiger partial charge in [0, 0.05) is 13.1 Å². The van der Waals surface area contributed by atoms with Gasteiger partial charge in [0.25, 0.3) is 10.0 Å². The minimum absolute atomic E-state index is 0.0208. The monoisotopic (exact) mass is 651 g/mol. The summed E-state index contributed by atoms with van der Waals surface area (Å²) in [5.74, 6) is -1.16. The molecule has 12 heteroatoms. The van der Waals surface area contributed by atoms with Crippen molar-refractivity contribution in [3.63, 3.8) is 0 Å². The number of amides is 2. The van der Waals surface area contributed by atoms with Crippen LogP contribution in [0.2, 0.25) is 5.02 Å². The Kier molecular flexibility index (Phi) is 11.9. The van der Waals surface area contributed by atoms with Gasteiger partial charge in [-0.1, -0.05) is 79.4 Å². The fraction of sp³-hybridized carbons (Fsp3) is 0.375. The molecular weight excluding hydrogens is 615 g/mol. The molecule has 0 heterocycles. The van der Waals surface area contributed by atoms with Crippen LogP contribution in [-0.2, 0) is 32.3 Å². The van der Waals surface area contributed by atoms with Crippen molar-refractivity contribution in [3.8, 4) is 0 Å². The number of carbonyl (C=O) groups is 2. The van der Waals surface area contributed by atoms with Crippen molar-refractivity contribution in [1.82, 2.24) is 10.2 Å². The zero-order valence-corrected chi connectivity index (χ0v) is 26.7. The second kappa shape index (κ2) is 14.9. The summed E-state index contributed by atoms with van der Waals surface area (Å²) in [7, 11) is -4.55. The number of carbonyl (C=O) groups excluding carboxylic acids is 2. The molecule has 0 fully saturated rings. The molecule has 0 aliphatic carbocycles. The molecule has 0 saturated carbocycles. The van der Waals surface area contributed by atoms with Crippen LogP contribution >= 0.6 is 11.6 Å². The molecule has 0 radical (unpaired) electrons. The highest BCUT2D eigenvalue weighted by molar-refractivity contribution is 7.92. The van der Waals surface area contributed by atoms with Crippen LogP contribution in [0.3, 0.4) is 0 Å². The third-order valence-electron chi connectivity index (χ3n) is 7.08. The quantitative estimate of drug-likeness (QED) is 0.204. The molecule has 7 nitrogen and oxygen atoms in total. The summed E-state index contributed by atoms with van der Waals surface area (Å²) in [6.07, 6.45) is -3.08. The predicted octanol–water partition coefficient (Wildman–Crippen LogP) is 6.89. The number of nitrogens with one attached hydrogen (secondary N) is 1. The van der Waals surface area contributed by atoms with Gasteiger partial charge in [0.15, 0.2) is 0 Å². The van der Waals surface area contributed by atoms with Crippen molar-refractivity contribution in [3.05, 3.63) is 94.0 Å². The van der Waals surface area contributed by atoms with Crippen LogP contribution in [-0.4, -0.2) is 44.3 Å². The third kappa shape index (κ3) is 8.75. The second-order valence-electron chi connectivity index (χ2n) is 10.6. The fourth-order valence-electron chi connectivity index (χ4n) is 4.68. The van der Waals surface area contributed by atoms with Crippen molar-refractivity contribution in [1.29, 1.82) is 0 Å². The van der Waals surface area contributed by atoms with Crippen molar-refractivity contribution < 1.29 is 31.2 Å². The molecule has 238 valence electrons. The predicted molar refractivity (Wildman–Crippen MR) is 166 cm³/mol. The molecule has 0 aliphatic rings. The van der Waals surface area contributed by atoms with E-state index in [2.05, 4.69) is 5.32 Å². The van der Waals surface area contributed by atoms with Crippen LogP contribution in [0.5, 0.6) is 0 Å². The van der Waals surface area contributed by atoms with E-state index in [1.807, 2.05) is 26.0 Å². The number of alkyl halides is 3. The van der Waals surface area contributed by atoms with Gasteiger partial charge >= 0.3 is 6.18 Å². The summed E-state index contributed by atoms with van der Waals surface area (Å²) in [5, 5.41) is 2.22. The number of anilines is 1. The number of hydrogen-bond donors (Lipinski definition) is 1. The zero-order chi connectivity index (χ0) is 32.7. The highest BCUT2D eigenvalue weighted by atomic mass is 35.5. The molecule has 3 aromatic carbocycles. The van der Waals surface area contributed by atoms with Crippen LogP contribution in [0, 0.1) is 13.8 Å². The van der Waals surface area contributed by atoms with Gasteiger partial charge in [0.2, 0.25) is 11.8 Å². The van der Waals surface area contributed by atoms with Crippen LogP contribution in [0.4, 0.5) is 18.9 Å². The standard InChI is InChI=1S/C32H37ClF3N3O4S/c1-5-7-17-37-31(41)29(6-2)38(20-24-10-8-9-23(4)18-24)30(40)21-39(44(42,43)26-14-11-22(3)12-15-26)25-13-16-28(33)27(19-25)32(34,35)36/h8-16,18-19,29H,5-7,17,20-21H2,1-4H3,(H,37,41). The average molecular weight is 652 g/mol. The van der Waals surface area contributed by atoms with E-state index in [-0.39, 0.29) is 17.9 Å². The Morgan fingerprint density at radius 1 is 0.955 bits per heavy atom. The van der Waals surface area contributed by atoms with Gasteiger partial charge in [-0.15, -0.1) is 0 Å². The van der Waals surface area contributed by atoms with E-state index in [1.54, 1.807) is 38.1 Å². The van der Waals surface area contributed by atoms with Crippen molar-refractivity contribution >= 4 is 39.1 Å². The highest BCUT2D eigenvalue weighted by Gasteiger charge is 2.37. The number of hydrogen-bond acceptors (Lipinski definition) is 4. The molecule has 1 N–H and O–H groups in total. The molecule has 0 aliphatic heterocycles. The first-order chi connectivity index (χ1) is 20.7. The third-order valence-corrected chi connectivity index (χ3v) is 9.20. The molecule has 1 unspecified atom stereocenters. The van der Waals surface area contributed by atoms with E-state index in [0.29, 0.717) is 22.5 Å². The van der Waals surface area contributed by atoms with Gasteiger partial charge in [-0.05, 0) is 62.6 Å². The number of benzene rings is 3. The lowest BCUT2D eigenvalue weighted by atomic mass is 10.1. The normalized spacial score (nSPS) is 12.5. The molecule has 44 heavy (non-hydrogen) atoms. The number of halogens is 4. The maximum Gasteiger partial charge on any atom is 0.417 e. The minimum Gasteiger partial charge on any atom is -0.354 e. The smallest absolute Gasteiger partial charge is 0.354 e. The Hall–Kier alpha value is -3.57. The van der Waals surface area contributed by atoms with Crippen LogP contribution in [0.1, 0.15) is 55.4 Å². The zero-order valence-electron chi connectivity index (χ0n) is 25.1. The van der Waals surface area contributed by atoms with E-state index in [0.717, 1.165) is 36.1 Å². The number of unbranched alkanes of at least 4 members (excludes halogenated alkanes) is 1. The molecule has 3 rings (SSSR count). The fourth-order valence-corrected chi connectivity index (χ4v) is 6.32. The average Bonchev–Trinajstić information content (AvgIpc) is 2.96. The second-order valence-corrected chi connectivity index (χ2v) is 12.8. The SMILES string of the molecule is CCCCNC(=O)C(CC)N(Cc1cccc(C)c1)C(=O)CN(c1ccc(Cl)c(C(F)(F)F)c1)S(=O)(=O)c1ccc(C)cc1. The lowest BCUT2D eigenvalue weighted by Crippen LogP contribution is -2.52. The Labute approximate surface area is 262 Å². The summed E-state index contributed by atoms with van der Waals surface area (Å²) >= 11 is 5.83. The molecule has 1 atom stereocenters. The molecule has 0 aromatic heterocycles. The lowest BCUT2D eigenvalue weighted by molar-refractivity contribution is -0.140. The number of aryl methyl sites for hydroxylation is 2. The van der Waals surface area contributed by atoms with E-state index in [1.165, 1.54) is 17.0 Å². The largest absolute Gasteiger partial charge is 0.417 e. The Bertz CT molecular complexity index is 1560. The van der Waals surface area contributed by atoms with Gasteiger partial charge in [-0.2, -0.15) is 13.2 Å². The molecule has 2 amide bonds. The number of rotatable bonds is 13. The Morgan fingerprint density at radius 2 is 1.64 bits per heavy atom. The summed E-state index contributed by atoms with van der Waals surface area (Å²) in [6.45, 7) is 6.85. The minimum atomic E-state index is -4.88. The van der Waals surface area contributed by atoms with E-state index in [9.17, 15) is 31.2 Å². The maximum absolute atomic E-state index is 14.1. The molecule has 0 saturated heterocycles. The number of sulfonamides is 1. The van der Waals surface area contributed by atoms with Crippen LogP contribution < -0.4 is 9.62 Å². The molecule has 3 aromatic rings. The lowest BCUT2D eigenvalue weighted by Gasteiger charge is -2.33. The first kappa shape index (κ1) is 34.9. The van der Waals surface area contributed by atoms with Gasteiger partial charge in [-0.25, -0.2) is 8.42 Å². The summed E-state index contributed by atoms with van der Waals surface area (Å²) in [6, 6.07) is 14.8. The first-order valence-corrected chi connectivity index (χ1v) is 16.1. The van der Waals surface area contributed by atoms with Crippen molar-refractivity contribution in [2.24, 2.45) is 0 Å². The Balaban J connectivity index is 2.13. The van der Waals surface area contributed by atoms with E-state index < -0.39 is 56.9 Å². The molecule has 0 bridgehead atoms. The molecule has 0 spiro atoms. The van der Waals surface area contributed by atoms with Crippen molar-refractivity contribution in [2.75, 3.05) is 17.4 Å². The first-order valence-electron chi connectivity index (χ1n) is 14.3. The van der Waals surface area contributed by atoms with Crippen molar-refractivity contribution in [2.45, 2.75) is 70.6 Å². The summed E-state index contributed by atoms with van der Waals surface area (Å²) < 4.78 is 70.0. The maximum atomic E-state index is 14.1. The van der Waals surface area contributed by atoms with E-state index in [4.69, 9.17) is 11.6 Å². The summed E-state index contributed by atoms with van der Waals surface area (Å²) in [4.78, 5) is 28.5. The summed E-state index contributed by atoms with van der Waals surface area (Å²) in [5.41, 5.74) is 0.747. The van der Waals surface area contributed by atoms with Gasteiger partial charge in [0.1, 0.15) is 12.6 Å². The number of nitrogens with zero attached hydrogens (tertiary/aromatic N) is 2. The Morgan fingerprint density at radius 3 is 2.23 bits per heavy atom. The van der Waals surface area contributed by atoms with Crippen LogP contribution in [0.25, 0.3) is 0 Å². The van der Waals surface area contributed by atoms with Gasteiger partial charge in [-0.3, -0.25) is 13.9 Å². The molecular formula is C32H37ClF3N3O4S. The van der Waals surface area contributed by atoms with Crippen LogP contribution in [0.15, 0.2) is 71.6 Å². The topological polar surface area (TPSA) is 86.8 Å². The van der Waals surface area contributed by atoms with Gasteiger partial charge in [0.05, 0.1) is 21.2 Å².